The summed E-state index contributed by atoms with van der Waals surface area (Å²) in [7, 11) is -1.18. The standard InChI is InChI=1S/C43H53FN6O4Si/c1-27-39(28(2)50(48-27)26-53-19-20-55(3,4)5)30-11-13-33(14-12-30)46-41(51)40(47-42(52)43(44)16-17-43)36-8-6-7-29-9-10-31(21-37(29)36)32-15-18-45-38(22-32)49-24-35-23-34(49)25-54-35/h9-15,18,21-22,34-36,40H,6-8,16-17,19-20,23-26H2,1-5H3,(H,46,51)(H,47,52)/t34-,35-,36-,40+/m1/s1. The summed E-state index contributed by atoms with van der Waals surface area (Å²) in [5.74, 6) is -0.453. The van der Waals surface area contributed by atoms with Crippen LogP contribution in [0.3, 0.4) is 0 Å². The average Bonchev–Trinajstić information content (AvgIpc) is 3.45. The molecule has 1 saturated carbocycles. The molecule has 290 valence electrons. The summed E-state index contributed by atoms with van der Waals surface area (Å²) < 4.78 is 28.8. The smallest absolute Gasteiger partial charge is 0.258 e. The van der Waals surface area contributed by atoms with Crippen LogP contribution in [0.25, 0.3) is 22.3 Å². The van der Waals surface area contributed by atoms with E-state index in [-0.39, 0.29) is 30.8 Å². The van der Waals surface area contributed by atoms with Gasteiger partial charge in [0.1, 0.15) is 18.6 Å². The molecular weight excluding hydrogens is 712 g/mol. The number of nitrogens with zero attached hydrogens (tertiary/aromatic N) is 4. The predicted molar refractivity (Wildman–Crippen MR) is 216 cm³/mol. The number of halogens is 1. The van der Waals surface area contributed by atoms with E-state index in [1.165, 1.54) is 0 Å². The number of rotatable bonds is 13. The highest BCUT2D eigenvalue weighted by Crippen LogP contribution is 2.42. The first kappa shape index (κ1) is 37.5. The molecule has 4 aliphatic rings. The zero-order valence-corrected chi connectivity index (χ0v) is 33.7. The molecule has 2 bridgehead atoms. The maximum absolute atomic E-state index is 15.1. The van der Waals surface area contributed by atoms with Crippen molar-refractivity contribution in [1.29, 1.82) is 0 Å². The molecule has 2 saturated heterocycles. The largest absolute Gasteiger partial charge is 0.374 e. The van der Waals surface area contributed by atoms with E-state index in [1.54, 1.807) is 0 Å². The van der Waals surface area contributed by atoms with E-state index in [0.29, 0.717) is 24.9 Å². The van der Waals surface area contributed by atoms with E-state index >= 15 is 4.39 Å². The van der Waals surface area contributed by atoms with E-state index in [2.05, 4.69) is 59.4 Å². The van der Waals surface area contributed by atoms with Crippen molar-refractivity contribution in [3.05, 3.63) is 83.3 Å². The fourth-order valence-electron chi connectivity index (χ4n) is 8.46. The van der Waals surface area contributed by atoms with Gasteiger partial charge in [0, 0.05) is 50.3 Å². The van der Waals surface area contributed by atoms with Crippen LogP contribution in [-0.4, -0.2) is 78.3 Å². The lowest BCUT2D eigenvalue weighted by Crippen LogP contribution is -2.51. The number of aryl methyl sites for hydroxylation is 2. The highest BCUT2D eigenvalue weighted by molar-refractivity contribution is 6.76. The fraction of sp³-hybridized carbons (Fsp3) is 0.488. The molecule has 10 nitrogen and oxygen atoms in total. The summed E-state index contributed by atoms with van der Waals surface area (Å²) in [5, 5.41) is 10.7. The van der Waals surface area contributed by atoms with E-state index in [0.717, 1.165) is 95.7 Å². The highest BCUT2D eigenvalue weighted by Gasteiger charge is 2.52. The summed E-state index contributed by atoms with van der Waals surface area (Å²) >= 11 is 0. The van der Waals surface area contributed by atoms with Gasteiger partial charge in [-0.2, -0.15) is 5.10 Å². The van der Waals surface area contributed by atoms with Gasteiger partial charge in [-0.05, 0) is 110 Å². The molecule has 55 heavy (non-hydrogen) atoms. The first-order valence-corrected chi connectivity index (χ1v) is 23.6. The predicted octanol–water partition coefficient (Wildman–Crippen LogP) is 7.56. The van der Waals surface area contributed by atoms with Gasteiger partial charge in [0.2, 0.25) is 5.91 Å². The van der Waals surface area contributed by atoms with Crippen LogP contribution >= 0.6 is 0 Å². The van der Waals surface area contributed by atoms with Crippen LogP contribution in [0.2, 0.25) is 25.7 Å². The third-order valence-electron chi connectivity index (χ3n) is 11.9. The normalized spacial score (nSPS) is 21.6. The van der Waals surface area contributed by atoms with Crippen LogP contribution in [0, 0.1) is 13.8 Å². The zero-order valence-electron chi connectivity index (χ0n) is 32.7. The summed E-state index contributed by atoms with van der Waals surface area (Å²) in [6.07, 6.45) is 5.93. The molecule has 4 atom stereocenters. The summed E-state index contributed by atoms with van der Waals surface area (Å²) in [6, 6.07) is 18.8. The fourth-order valence-corrected chi connectivity index (χ4v) is 9.22. The van der Waals surface area contributed by atoms with Gasteiger partial charge in [0.15, 0.2) is 5.67 Å². The lowest BCUT2D eigenvalue weighted by Gasteiger charge is -2.33. The SMILES string of the molecule is Cc1nn(COCC[Si](C)(C)C)c(C)c1-c1ccc(NC(=O)[C@@H](NC(=O)C2(F)CC2)[C@@H]2CCCc3ccc(-c4ccnc(N5C[C@H]6C[C@@H]5CO6)c4)cc32)cc1. The number of alkyl halides is 1. The number of nitrogens with one attached hydrogen (secondary N) is 2. The van der Waals surface area contributed by atoms with E-state index < -0.39 is 25.7 Å². The number of fused-ring (bicyclic) bond motifs is 3. The number of anilines is 2. The monoisotopic (exact) mass is 764 g/mol. The second kappa shape index (κ2) is 14.9. The second-order valence-corrected chi connectivity index (χ2v) is 22.8. The van der Waals surface area contributed by atoms with Gasteiger partial charge in [-0.15, -0.1) is 0 Å². The molecule has 2 amide bonds. The molecule has 2 aliphatic heterocycles. The Kier molecular flexibility index (Phi) is 10.2. The van der Waals surface area contributed by atoms with Crippen LogP contribution in [0.1, 0.15) is 60.5 Å². The molecule has 0 spiro atoms. The van der Waals surface area contributed by atoms with Crippen LogP contribution < -0.4 is 15.5 Å². The number of amides is 2. The molecule has 8 rings (SSSR count). The van der Waals surface area contributed by atoms with Gasteiger partial charge in [-0.25, -0.2) is 14.1 Å². The summed E-state index contributed by atoms with van der Waals surface area (Å²) in [4.78, 5) is 34.6. The van der Waals surface area contributed by atoms with Crippen molar-refractivity contribution in [2.75, 3.05) is 30.0 Å². The number of hydrogen-bond donors (Lipinski definition) is 2. The lowest BCUT2D eigenvalue weighted by atomic mass is 9.77. The first-order chi connectivity index (χ1) is 26.3. The molecule has 3 fully saturated rings. The third kappa shape index (κ3) is 7.99. The number of aromatic nitrogens is 3. The molecule has 4 aromatic rings. The van der Waals surface area contributed by atoms with E-state index in [4.69, 9.17) is 19.6 Å². The van der Waals surface area contributed by atoms with Gasteiger partial charge in [0.25, 0.3) is 5.91 Å². The van der Waals surface area contributed by atoms with E-state index in [9.17, 15) is 9.59 Å². The molecule has 2 aromatic heterocycles. The van der Waals surface area contributed by atoms with Crippen molar-refractivity contribution < 1.29 is 23.5 Å². The molecule has 12 heteroatoms. The Labute approximate surface area is 324 Å². The Morgan fingerprint density at radius 2 is 1.82 bits per heavy atom. The zero-order chi connectivity index (χ0) is 38.5. The Hall–Kier alpha value is -4.39. The van der Waals surface area contributed by atoms with Crippen LogP contribution in [-0.2, 0) is 32.2 Å². The van der Waals surface area contributed by atoms with Crippen molar-refractivity contribution in [2.24, 2.45) is 0 Å². The highest BCUT2D eigenvalue weighted by atomic mass is 28.3. The van der Waals surface area contributed by atoms with Crippen LogP contribution in [0.4, 0.5) is 15.9 Å². The number of carbonyl (C=O) groups is 2. The maximum atomic E-state index is 15.1. The Morgan fingerprint density at radius 3 is 2.53 bits per heavy atom. The molecule has 4 heterocycles. The number of ether oxygens (including phenoxy) is 2. The Bertz CT molecular complexity index is 2080. The molecule has 2 aromatic carbocycles. The third-order valence-corrected chi connectivity index (χ3v) is 13.6. The van der Waals surface area contributed by atoms with Crippen molar-refractivity contribution in [3.8, 4) is 22.3 Å². The van der Waals surface area contributed by atoms with Crippen molar-refractivity contribution in [2.45, 2.75) is 115 Å². The summed E-state index contributed by atoms with van der Waals surface area (Å²) in [5.41, 5.74) is 6.85. The molecule has 0 unspecified atom stereocenters. The van der Waals surface area contributed by atoms with Gasteiger partial charge in [0.05, 0.1) is 24.4 Å². The number of morpholine rings is 1. The van der Waals surface area contributed by atoms with Crippen molar-refractivity contribution in [1.82, 2.24) is 20.1 Å². The number of carbonyl (C=O) groups excluding carboxylic acids is 2. The van der Waals surface area contributed by atoms with Crippen LogP contribution in [0.15, 0.2) is 60.8 Å². The van der Waals surface area contributed by atoms with Gasteiger partial charge >= 0.3 is 0 Å². The van der Waals surface area contributed by atoms with Crippen molar-refractivity contribution >= 4 is 31.4 Å². The van der Waals surface area contributed by atoms with E-state index in [1.807, 2.05) is 55.1 Å². The minimum Gasteiger partial charge on any atom is -0.374 e. The molecular formula is C43H53FN6O4Si. The number of pyridine rings is 1. The quantitative estimate of drug-likeness (QED) is 0.107. The Balaban J connectivity index is 1.02. The molecule has 2 N–H and O–H groups in total. The molecule has 0 radical (unpaired) electrons. The molecule has 2 aliphatic carbocycles. The minimum absolute atomic E-state index is 0.176. The van der Waals surface area contributed by atoms with Crippen LogP contribution in [0.5, 0.6) is 0 Å². The van der Waals surface area contributed by atoms with Gasteiger partial charge < -0.3 is 25.0 Å². The van der Waals surface area contributed by atoms with Gasteiger partial charge in [-0.1, -0.05) is 50.0 Å². The average molecular weight is 765 g/mol. The topological polar surface area (TPSA) is 111 Å². The van der Waals surface area contributed by atoms with Gasteiger partial charge in [-0.3, -0.25) is 9.59 Å². The Morgan fingerprint density at radius 1 is 1.05 bits per heavy atom. The lowest BCUT2D eigenvalue weighted by molar-refractivity contribution is -0.131. The number of benzene rings is 2. The number of hydrogen-bond acceptors (Lipinski definition) is 7. The second-order valence-electron chi connectivity index (χ2n) is 17.2. The summed E-state index contributed by atoms with van der Waals surface area (Å²) in [6.45, 7) is 13.8. The van der Waals surface area contributed by atoms with Crippen molar-refractivity contribution in [3.63, 3.8) is 0 Å². The first-order valence-electron chi connectivity index (χ1n) is 19.9. The minimum atomic E-state index is -1.91. The maximum Gasteiger partial charge on any atom is 0.258 e.